The third kappa shape index (κ3) is 8.25. The molecule has 5 N–H and O–H groups in total. The van der Waals surface area contributed by atoms with Gasteiger partial charge in [-0.05, 0) is 41.8 Å². The van der Waals surface area contributed by atoms with E-state index < -0.39 is 53.4 Å². The van der Waals surface area contributed by atoms with Gasteiger partial charge in [0.25, 0.3) is 10.0 Å². The van der Waals surface area contributed by atoms with E-state index >= 15 is 0 Å². The van der Waals surface area contributed by atoms with Crippen LogP contribution in [0.1, 0.15) is 31.1 Å². The normalized spacial score (nSPS) is 13.9. The summed E-state index contributed by atoms with van der Waals surface area (Å²) in [6.45, 7) is 2.21. The number of carboxylic acids is 1. The molecule has 0 radical (unpaired) electrons. The van der Waals surface area contributed by atoms with Crippen molar-refractivity contribution < 1.29 is 42.1 Å². The van der Waals surface area contributed by atoms with Crippen LogP contribution >= 0.6 is 11.3 Å². The molecule has 0 aliphatic carbocycles. The fourth-order valence-electron chi connectivity index (χ4n) is 4.20. The van der Waals surface area contributed by atoms with Crippen molar-refractivity contribution in [2.24, 2.45) is 11.1 Å². The first kappa shape index (κ1) is 32.7. The van der Waals surface area contributed by atoms with Crippen LogP contribution in [-0.4, -0.2) is 75.9 Å². The fourth-order valence-corrected chi connectivity index (χ4v) is 5.89. The summed E-state index contributed by atoms with van der Waals surface area (Å²) in [5.41, 5.74) is 1.44. The molecule has 0 bridgehead atoms. The van der Waals surface area contributed by atoms with Gasteiger partial charge in [0.15, 0.2) is 0 Å². The first-order valence-electron chi connectivity index (χ1n) is 13.3. The minimum atomic E-state index is -3.93. The largest absolute Gasteiger partial charge is 0.487 e. The summed E-state index contributed by atoms with van der Waals surface area (Å²) in [6, 6.07) is 8.96. The number of amides is 1. The van der Waals surface area contributed by atoms with Crippen LogP contribution in [0, 0.1) is 5.92 Å². The number of carboxylic acid groups (broad SMARTS) is 1. The van der Waals surface area contributed by atoms with E-state index in [4.69, 9.17) is 19.7 Å². The van der Waals surface area contributed by atoms with Crippen molar-refractivity contribution in [2.75, 3.05) is 13.3 Å². The van der Waals surface area contributed by atoms with E-state index in [1.54, 1.807) is 44.2 Å². The number of sulfonamides is 1. The van der Waals surface area contributed by atoms with Crippen molar-refractivity contribution >= 4 is 43.5 Å². The Morgan fingerprint density at radius 1 is 1.16 bits per heavy atom. The Labute approximate surface area is 255 Å². The predicted molar refractivity (Wildman–Crippen MR) is 156 cm³/mol. The average molecular weight is 651 g/mol. The van der Waals surface area contributed by atoms with Crippen LogP contribution in [0.2, 0.25) is 0 Å². The Bertz CT molecular complexity index is 1710. The lowest BCUT2D eigenvalue weighted by molar-refractivity contribution is -0.142. The maximum Gasteiger partial charge on any atom is 0.326 e. The van der Waals surface area contributed by atoms with Gasteiger partial charge in [-0.25, -0.2) is 32.4 Å². The number of ether oxygens (including phenoxy) is 2. The van der Waals surface area contributed by atoms with Gasteiger partial charge < -0.3 is 25.0 Å². The van der Waals surface area contributed by atoms with Crippen LogP contribution in [0.3, 0.4) is 0 Å². The highest BCUT2D eigenvalue weighted by Gasteiger charge is 2.30. The van der Waals surface area contributed by atoms with Gasteiger partial charge in [0.2, 0.25) is 10.2 Å². The number of aliphatic carboxylic acids is 1. The molecule has 14 nitrogen and oxygen atoms in total. The number of nitrogens with zero attached hydrogens (tertiary/aromatic N) is 4. The Balaban J connectivity index is 1.40. The van der Waals surface area contributed by atoms with Gasteiger partial charge in [0.05, 0.1) is 23.0 Å². The lowest BCUT2D eigenvalue weighted by atomic mass is 10.0. The van der Waals surface area contributed by atoms with Crippen LogP contribution in [-0.2, 0) is 32.6 Å². The zero-order valence-electron chi connectivity index (χ0n) is 23.7. The van der Waals surface area contributed by atoms with Crippen LogP contribution < -0.4 is 19.9 Å². The molecule has 44 heavy (non-hydrogen) atoms. The molecule has 0 saturated heterocycles. The first-order valence-corrected chi connectivity index (χ1v) is 15.7. The van der Waals surface area contributed by atoms with Crippen molar-refractivity contribution in [1.29, 1.82) is 0 Å². The number of nitrogens with two attached hydrogens (primary N) is 1. The van der Waals surface area contributed by atoms with E-state index in [0.29, 0.717) is 33.0 Å². The number of hydrogen-bond acceptors (Lipinski definition) is 11. The van der Waals surface area contributed by atoms with E-state index in [0.717, 1.165) is 11.3 Å². The van der Waals surface area contributed by atoms with Gasteiger partial charge >= 0.3 is 5.97 Å². The van der Waals surface area contributed by atoms with Crippen LogP contribution in [0.4, 0.5) is 4.39 Å². The number of fused-ring (bicyclic) bond motifs is 1. The molecule has 2 aromatic carbocycles. The van der Waals surface area contributed by atoms with Crippen molar-refractivity contribution in [2.45, 2.75) is 49.4 Å². The van der Waals surface area contributed by atoms with Crippen molar-refractivity contribution in [3.8, 4) is 11.5 Å². The molecule has 1 amide bonds. The molecule has 0 fully saturated rings. The smallest absolute Gasteiger partial charge is 0.326 e. The topological polar surface area (TPSA) is 209 Å². The summed E-state index contributed by atoms with van der Waals surface area (Å²) < 4.78 is 48.8. The number of aliphatic hydroxyl groups is 1. The zero-order valence-corrected chi connectivity index (χ0v) is 25.3. The molecule has 0 aliphatic rings. The van der Waals surface area contributed by atoms with E-state index in [1.165, 1.54) is 23.0 Å². The molecule has 0 saturated carbocycles. The van der Waals surface area contributed by atoms with Gasteiger partial charge in [-0.2, -0.15) is 0 Å². The van der Waals surface area contributed by atoms with Gasteiger partial charge in [0, 0.05) is 6.42 Å². The highest BCUT2D eigenvalue weighted by Crippen LogP contribution is 2.28. The Kier molecular flexibility index (Phi) is 10.5. The summed E-state index contributed by atoms with van der Waals surface area (Å²) >= 11 is 0.917. The summed E-state index contributed by atoms with van der Waals surface area (Å²) in [4.78, 5) is 29.3. The number of nitrogens with one attached hydrogen (secondary N) is 1. The molecule has 0 spiro atoms. The third-order valence-electron chi connectivity index (χ3n) is 6.37. The van der Waals surface area contributed by atoms with Crippen LogP contribution in [0.25, 0.3) is 10.2 Å². The maximum absolute atomic E-state index is 13.3. The van der Waals surface area contributed by atoms with E-state index in [-0.39, 0.29) is 23.3 Å². The highest BCUT2D eigenvalue weighted by atomic mass is 32.2. The number of rotatable bonds is 15. The molecule has 236 valence electrons. The zero-order chi connectivity index (χ0) is 32.0. The number of primary sulfonamides is 1. The average Bonchev–Trinajstić information content (AvgIpc) is 3.62. The number of carbonyl (C=O) groups is 2. The quantitative estimate of drug-likeness (QED) is 0.146. The fraction of sp³-hybridized carbons (Fsp3) is 0.370. The van der Waals surface area contributed by atoms with E-state index in [2.05, 4.69) is 20.6 Å². The summed E-state index contributed by atoms with van der Waals surface area (Å²) in [5, 5.41) is 34.8. The van der Waals surface area contributed by atoms with Crippen molar-refractivity contribution in [3.63, 3.8) is 0 Å². The Morgan fingerprint density at radius 2 is 1.86 bits per heavy atom. The second-order valence-electron chi connectivity index (χ2n) is 10.1. The summed E-state index contributed by atoms with van der Waals surface area (Å²) in [5.74, 6) is -1.35. The van der Waals surface area contributed by atoms with E-state index in [9.17, 15) is 27.5 Å². The molecular formula is C27H31FN6O8S2. The molecule has 4 rings (SSSR count). The van der Waals surface area contributed by atoms with Gasteiger partial charge in [-0.15, -0.1) is 16.4 Å². The molecule has 0 aliphatic heterocycles. The van der Waals surface area contributed by atoms with E-state index in [1.807, 2.05) is 0 Å². The van der Waals surface area contributed by atoms with Crippen molar-refractivity contribution in [1.82, 2.24) is 25.3 Å². The molecular weight excluding hydrogens is 619 g/mol. The molecule has 3 atom stereocenters. The number of halogens is 1. The third-order valence-corrected chi connectivity index (χ3v) is 8.71. The highest BCUT2D eigenvalue weighted by molar-refractivity contribution is 7.91. The molecule has 2 aromatic heterocycles. The number of thiazole rings is 1. The first-order chi connectivity index (χ1) is 20.9. The number of aliphatic hydroxyl groups excluding tert-OH is 1. The standard InChI is InChI=1S/C27H31FN6O8S2/c1-15(2)24(25(36)30-22(26(37)38)9-16-3-5-18(6-4-16)42-20(11-28)13-35)34-12-17(32-33-34)14-41-19-7-8-21-23(10-19)43-27(31-21)44(29,39)40/h3-8,10,12,15,20,22,24,35H,9,11,13-14H2,1-2H3,(H,30,36)(H,37,38)(H2,29,39,40)/t20?,22-,24-/m0/s1. The molecule has 1 unspecified atom stereocenters. The van der Waals surface area contributed by atoms with Crippen LogP contribution in [0.15, 0.2) is 53.0 Å². The lowest BCUT2D eigenvalue weighted by Gasteiger charge is -2.23. The monoisotopic (exact) mass is 650 g/mol. The summed E-state index contributed by atoms with van der Waals surface area (Å²) in [6.07, 6.45) is 0.503. The van der Waals surface area contributed by atoms with Gasteiger partial charge in [0.1, 0.15) is 48.7 Å². The second kappa shape index (κ2) is 14.1. The lowest BCUT2D eigenvalue weighted by Crippen LogP contribution is -2.46. The minimum Gasteiger partial charge on any atom is -0.487 e. The number of carbonyl (C=O) groups excluding carboxylic acids is 1. The number of benzene rings is 2. The predicted octanol–water partition coefficient (Wildman–Crippen LogP) is 1.83. The van der Waals surface area contributed by atoms with Gasteiger partial charge in [-0.1, -0.05) is 31.2 Å². The SMILES string of the molecule is CC(C)[C@@H](C(=O)N[C@@H](Cc1ccc(OC(CO)CF)cc1)C(=O)O)n1cc(COc2ccc3nc(S(N)(=O)=O)sc3c2)nn1. The maximum atomic E-state index is 13.3. The Hall–Kier alpha value is -4.19. The minimum absolute atomic E-state index is 0.0133. The summed E-state index contributed by atoms with van der Waals surface area (Å²) in [7, 11) is -3.93. The Morgan fingerprint density at radius 3 is 2.48 bits per heavy atom. The number of alkyl halides is 1. The van der Waals surface area contributed by atoms with Crippen LogP contribution in [0.5, 0.6) is 11.5 Å². The molecule has 17 heteroatoms. The van der Waals surface area contributed by atoms with Gasteiger partial charge in [-0.3, -0.25) is 4.79 Å². The second-order valence-corrected chi connectivity index (χ2v) is 12.9. The number of aromatic nitrogens is 4. The molecule has 2 heterocycles. The molecule has 4 aromatic rings. The van der Waals surface area contributed by atoms with Crippen molar-refractivity contribution in [3.05, 3.63) is 59.9 Å². The number of hydrogen-bond donors (Lipinski definition) is 4.